The van der Waals surface area contributed by atoms with Gasteiger partial charge in [-0.2, -0.15) is 13.2 Å². The number of aliphatic imine (C=N–C) groups is 1. The molecule has 1 amide bonds. The van der Waals surface area contributed by atoms with Crippen molar-refractivity contribution in [1.29, 1.82) is 0 Å². The van der Waals surface area contributed by atoms with E-state index in [-0.39, 0.29) is 11.3 Å². The van der Waals surface area contributed by atoms with Gasteiger partial charge >= 0.3 is 12.3 Å². The summed E-state index contributed by atoms with van der Waals surface area (Å²) in [5.41, 5.74) is -0.883. The van der Waals surface area contributed by atoms with Gasteiger partial charge in [-0.3, -0.25) is 4.98 Å². The summed E-state index contributed by atoms with van der Waals surface area (Å²) in [6.45, 7) is 7.86. The van der Waals surface area contributed by atoms with E-state index in [0.717, 1.165) is 11.6 Å². The second-order valence-corrected chi connectivity index (χ2v) is 10.7. The summed E-state index contributed by atoms with van der Waals surface area (Å²) in [5, 5.41) is 6.57. The summed E-state index contributed by atoms with van der Waals surface area (Å²) in [4.78, 5) is 20.6. The molecule has 0 saturated heterocycles. The van der Waals surface area contributed by atoms with Crippen molar-refractivity contribution in [1.82, 2.24) is 15.5 Å². The van der Waals surface area contributed by atoms with Crippen LogP contribution >= 0.6 is 11.6 Å². The van der Waals surface area contributed by atoms with Gasteiger partial charge < -0.3 is 14.0 Å². The molecule has 0 radical (unpaired) electrons. The van der Waals surface area contributed by atoms with Crippen LogP contribution in [0.2, 0.25) is 5.02 Å². The predicted octanol–water partition coefficient (Wildman–Crippen LogP) is 6.95. The van der Waals surface area contributed by atoms with E-state index in [4.69, 9.17) is 25.6 Å². The van der Waals surface area contributed by atoms with Gasteiger partial charge in [0.25, 0.3) is 6.02 Å². The Morgan fingerprint density at radius 1 is 1.21 bits per heavy atom. The molecule has 1 aliphatic rings. The maximum absolute atomic E-state index is 15.1. The zero-order valence-corrected chi connectivity index (χ0v) is 22.4. The molecule has 3 aromatic rings. The quantitative estimate of drug-likeness (QED) is 0.343. The first-order valence-electron chi connectivity index (χ1n) is 11.8. The van der Waals surface area contributed by atoms with E-state index in [1.54, 1.807) is 39.8 Å². The molecule has 0 fully saturated rings. The fraction of sp³-hybridized carbons (Fsp3) is 0.385. The van der Waals surface area contributed by atoms with E-state index >= 15 is 4.39 Å². The Kier molecular flexibility index (Phi) is 7.37. The number of aryl methyl sites for hydroxylation is 1. The van der Waals surface area contributed by atoms with Crippen LogP contribution in [0.4, 0.5) is 22.4 Å². The lowest BCUT2D eigenvalue weighted by Gasteiger charge is -2.37. The summed E-state index contributed by atoms with van der Waals surface area (Å²) in [6, 6.07) is 6.37. The molecule has 2 aromatic heterocycles. The fourth-order valence-electron chi connectivity index (χ4n) is 4.06. The average Bonchev–Trinajstić information content (AvgIpc) is 3.27. The topological polar surface area (TPSA) is 98.8 Å². The number of hydrogen-bond donors (Lipinski definition) is 1. The number of ether oxygens (including phenoxy) is 2. The maximum atomic E-state index is 15.1. The number of pyridine rings is 1. The Morgan fingerprint density at radius 2 is 1.92 bits per heavy atom. The molecule has 0 aliphatic carbocycles. The van der Waals surface area contributed by atoms with Crippen molar-refractivity contribution >= 4 is 23.7 Å². The highest BCUT2D eigenvalue weighted by Gasteiger charge is 2.50. The predicted molar refractivity (Wildman–Crippen MR) is 135 cm³/mol. The number of carbonyl (C=O) groups is 1. The number of halogens is 5. The molecule has 1 aliphatic heterocycles. The van der Waals surface area contributed by atoms with Crippen LogP contribution < -0.4 is 5.32 Å². The van der Waals surface area contributed by atoms with Gasteiger partial charge in [0.1, 0.15) is 17.1 Å². The number of alkyl carbamates (subject to hydrolysis) is 1. The second kappa shape index (κ2) is 10.1. The lowest BCUT2D eigenvalue weighted by Crippen LogP contribution is -2.49. The molecule has 3 heterocycles. The van der Waals surface area contributed by atoms with E-state index in [1.807, 2.05) is 0 Å². The average molecular weight is 569 g/mol. The van der Waals surface area contributed by atoms with Gasteiger partial charge in [0.2, 0.25) is 0 Å². The summed E-state index contributed by atoms with van der Waals surface area (Å²) >= 11 is 5.97. The van der Waals surface area contributed by atoms with Crippen molar-refractivity contribution in [3.63, 3.8) is 0 Å². The standard InChI is InChI=1S/C26H25ClF4N4O4/c1-13-8-15(27)12-32-21(13)18-10-19(39-35-18)14-6-7-17(28)16(9-14)25(5)11-20(26(29,30)31)37-22(34-25)33-23(36)38-24(2,3)4/h6-10,12,20H,11H2,1-5H3,(H,33,34,36)/t20-,25-/m0/s1. The second-order valence-electron chi connectivity index (χ2n) is 10.3. The van der Waals surface area contributed by atoms with Crippen LogP contribution in [-0.2, 0) is 15.0 Å². The first-order valence-corrected chi connectivity index (χ1v) is 12.1. The molecular weight excluding hydrogens is 544 g/mol. The number of hydrogen-bond acceptors (Lipinski definition) is 7. The third kappa shape index (κ3) is 6.49. The van der Waals surface area contributed by atoms with Gasteiger partial charge in [-0.15, -0.1) is 0 Å². The minimum atomic E-state index is -4.82. The van der Waals surface area contributed by atoms with Gasteiger partial charge in [-0.05, 0) is 64.4 Å². The molecule has 0 bridgehead atoms. The highest BCUT2D eigenvalue weighted by molar-refractivity contribution is 6.30. The molecular formula is C26H25ClF4N4O4. The van der Waals surface area contributed by atoms with Gasteiger partial charge in [-0.1, -0.05) is 16.8 Å². The van der Waals surface area contributed by atoms with E-state index in [0.29, 0.717) is 22.0 Å². The molecule has 1 aromatic carbocycles. The molecule has 0 unspecified atom stereocenters. The van der Waals surface area contributed by atoms with Crippen LogP contribution in [-0.4, -0.2) is 40.1 Å². The molecule has 0 spiro atoms. The Labute approximate surface area is 226 Å². The zero-order chi connectivity index (χ0) is 28.8. The molecule has 39 heavy (non-hydrogen) atoms. The molecule has 2 atom stereocenters. The fourth-order valence-corrected chi connectivity index (χ4v) is 4.27. The van der Waals surface area contributed by atoms with Crippen molar-refractivity contribution in [2.45, 2.75) is 64.5 Å². The SMILES string of the molecule is Cc1cc(Cl)cnc1-c1cc(-c2ccc(F)c([C@]3(C)C[C@@H](C(F)(F)F)OC(NC(=O)OC(C)(C)C)=N3)c2)on1. The molecule has 0 saturated carbocycles. The molecule has 4 rings (SSSR count). The summed E-state index contributed by atoms with van der Waals surface area (Å²) in [5.74, 6) is -0.582. The highest BCUT2D eigenvalue weighted by atomic mass is 35.5. The van der Waals surface area contributed by atoms with Gasteiger partial charge in [0.15, 0.2) is 11.9 Å². The Bertz CT molecular complexity index is 1430. The first kappa shape index (κ1) is 28.3. The normalized spacial score (nSPS) is 19.7. The van der Waals surface area contributed by atoms with Gasteiger partial charge in [0.05, 0.1) is 16.3 Å². The molecule has 1 N–H and O–H groups in total. The van der Waals surface area contributed by atoms with Crippen molar-refractivity contribution in [3.8, 4) is 22.7 Å². The van der Waals surface area contributed by atoms with Crippen molar-refractivity contribution < 1.29 is 36.4 Å². The van der Waals surface area contributed by atoms with E-state index in [2.05, 4.69) is 20.4 Å². The van der Waals surface area contributed by atoms with Crippen LogP contribution in [0.5, 0.6) is 0 Å². The lowest BCUT2D eigenvalue weighted by molar-refractivity contribution is -0.208. The third-order valence-corrected chi connectivity index (χ3v) is 5.99. The van der Waals surface area contributed by atoms with Crippen LogP contribution in [0.1, 0.15) is 45.2 Å². The number of amides is 1. The van der Waals surface area contributed by atoms with Gasteiger partial charge in [-0.25, -0.2) is 19.5 Å². The zero-order valence-electron chi connectivity index (χ0n) is 21.6. The van der Waals surface area contributed by atoms with Crippen LogP contribution in [0, 0.1) is 12.7 Å². The Morgan fingerprint density at radius 3 is 2.56 bits per heavy atom. The highest BCUT2D eigenvalue weighted by Crippen LogP contribution is 2.42. The number of alkyl halides is 3. The van der Waals surface area contributed by atoms with Crippen LogP contribution in [0.25, 0.3) is 22.7 Å². The Balaban J connectivity index is 1.72. The number of benzene rings is 1. The van der Waals surface area contributed by atoms with Crippen LogP contribution in [0.3, 0.4) is 0 Å². The number of carbonyl (C=O) groups excluding carboxylic acids is 1. The largest absolute Gasteiger partial charge is 0.452 e. The maximum Gasteiger partial charge on any atom is 0.425 e. The van der Waals surface area contributed by atoms with Gasteiger partial charge in [0, 0.05) is 29.8 Å². The molecule has 13 heteroatoms. The molecule has 8 nitrogen and oxygen atoms in total. The smallest absolute Gasteiger partial charge is 0.425 e. The number of rotatable bonds is 3. The summed E-state index contributed by atoms with van der Waals surface area (Å²) in [7, 11) is 0. The van der Waals surface area contributed by atoms with E-state index < -0.39 is 47.8 Å². The number of nitrogens with one attached hydrogen (secondary N) is 1. The van der Waals surface area contributed by atoms with E-state index in [1.165, 1.54) is 25.3 Å². The summed E-state index contributed by atoms with van der Waals surface area (Å²) in [6.07, 6.45) is -7.55. The number of amidine groups is 1. The molecule has 208 valence electrons. The minimum Gasteiger partial charge on any atom is -0.452 e. The Hall–Kier alpha value is -3.67. The van der Waals surface area contributed by atoms with Crippen LogP contribution in [0.15, 0.2) is 46.0 Å². The van der Waals surface area contributed by atoms with Crippen molar-refractivity contribution in [2.24, 2.45) is 4.99 Å². The number of nitrogens with zero attached hydrogens (tertiary/aromatic N) is 3. The minimum absolute atomic E-state index is 0.167. The summed E-state index contributed by atoms with van der Waals surface area (Å²) < 4.78 is 72.0. The van der Waals surface area contributed by atoms with Crippen molar-refractivity contribution in [2.75, 3.05) is 0 Å². The lowest BCUT2D eigenvalue weighted by atomic mass is 9.84. The van der Waals surface area contributed by atoms with Crippen molar-refractivity contribution in [3.05, 3.63) is 58.5 Å². The third-order valence-electron chi connectivity index (χ3n) is 5.79. The monoisotopic (exact) mass is 568 g/mol. The number of aromatic nitrogens is 2. The van der Waals surface area contributed by atoms with E-state index in [9.17, 15) is 18.0 Å². The first-order chi connectivity index (χ1) is 18.0.